The molecule has 0 aliphatic carbocycles. The van der Waals surface area contributed by atoms with Gasteiger partial charge in [-0.25, -0.2) is 0 Å². The second kappa shape index (κ2) is 5.59. The maximum Gasteiger partial charge on any atom is 0.253 e. The van der Waals surface area contributed by atoms with Gasteiger partial charge in [0.1, 0.15) is 0 Å². The first kappa shape index (κ1) is 12.5. The topological polar surface area (TPSA) is 93.8 Å². The second-order valence-electron chi connectivity index (χ2n) is 3.98. The summed E-state index contributed by atoms with van der Waals surface area (Å²) in [4.78, 5) is 11.9. The third-order valence-electron chi connectivity index (χ3n) is 2.66. The minimum Gasteiger partial charge on any atom is -0.454 e. The highest BCUT2D eigenvalue weighted by atomic mass is 16.7. The van der Waals surface area contributed by atoms with E-state index in [2.05, 4.69) is 5.32 Å². The van der Waals surface area contributed by atoms with Crippen LogP contribution in [0.1, 0.15) is 23.2 Å². The molecule has 1 aromatic rings. The summed E-state index contributed by atoms with van der Waals surface area (Å²) in [6.45, 7) is 0.783. The van der Waals surface area contributed by atoms with Gasteiger partial charge in [-0.3, -0.25) is 4.79 Å². The Bertz CT molecular complexity index is 448. The molecular formula is C12H16N2O4. The van der Waals surface area contributed by atoms with Crippen LogP contribution >= 0.6 is 0 Å². The third kappa shape index (κ3) is 2.65. The minimum atomic E-state index is -0.247. The second-order valence-corrected chi connectivity index (χ2v) is 3.98. The summed E-state index contributed by atoms with van der Waals surface area (Å²) in [6, 6.07) is 3.17. The summed E-state index contributed by atoms with van der Waals surface area (Å²) in [6.07, 6.45) is 1.39. The van der Waals surface area contributed by atoms with E-state index in [1.165, 1.54) is 0 Å². The molecule has 0 spiro atoms. The van der Waals surface area contributed by atoms with Crippen LogP contribution in [-0.2, 0) is 0 Å². The zero-order valence-electron chi connectivity index (χ0n) is 9.94. The molecule has 1 amide bonds. The molecule has 0 aromatic heterocycles. The molecule has 6 nitrogen and oxygen atoms in total. The molecule has 0 atom stereocenters. The first-order valence-corrected chi connectivity index (χ1v) is 5.80. The first-order chi connectivity index (χ1) is 8.72. The number of hydrogen-bond acceptors (Lipinski definition) is 5. The van der Waals surface area contributed by atoms with Crippen LogP contribution in [-0.4, -0.2) is 31.0 Å². The number of aliphatic hydroxyl groups is 1. The number of aliphatic hydroxyl groups excluding tert-OH is 1. The van der Waals surface area contributed by atoms with Gasteiger partial charge >= 0.3 is 0 Å². The van der Waals surface area contributed by atoms with Gasteiger partial charge in [0.2, 0.25) is 6.79 Å². The quantitative estimate of drug-likeness (QED) is 0.524. The van der Waals surface area contributed by atoms with E-state index in [0.717, 1.165) is 6.42 Å². The van der Waals surface area contributed by atoms with Crippen molar-refractivity contribution in [2.24, 2.45) is 0 Å². The number of nitrogen functional groups attached to an aromatic ring is 1. The maximum absolute atomic E-state index is 11.9. The Morgan fingerprint density at radius 3 is 2.78 bits per heavy atom. The molecule has 0 saturated carbocycles. The van der Waals surface area contributed by atoms with Gasteiger partial charge in [0.05, 0.1) is 5.56 Å². The summed E-state index contributed by atoms with van der Waals surface area (Å²) in [5, 5.41) is 11.4. The van der Waals surface area contributed by atoms with Crippen molar-refractivity contribution in [3.63, 3.8) is 0 Å². The van der Waals surface area contributed by atoms with Crippen LogP contribution in [0.5, 0.6) is 11.5 Å². The first-order valence-electron chi connectivity index (χ1n) is 5.80. The SMILES string of the molecule is Nc1cc2c(cc1C(=O)NCCCCO)OCO2. The fourth-order valence-electron chi connectivity index (χ4n) is 1.69. The highest BCUT2D eigenvalue weighted by molar-refractivity contribution is 6.00. The number of carbonyl (C=O) groups is 1. The van der Waals surface area contributed by atoms with Crippen molar-refractivity contribution in [2.75, 3.05) is 25.7 Å². The van der Waals surface area contributed by atoms with Crippen LogP contribution in [0.25, 0.3) is 0 Å². The van der Waals surface area contributed by atoms with Crippen LogP contribution in [0.4, 0.5) is 5.69 Å². The van der Waals surface area contributed by atoms with Gasteiger partial charge in [-0.05, 0) is 18.9 Å². The Kier molecular flexibility index (Phi) is 3.88. The molecule has 1 aliphatic rings. The van der Waals surface area contributed by atoms with E-state index < -0.39 is 0 Å². The molecule has 0 radical (unpaired) electrons. The highest BCUT2D eigenvalue weighted by Gasteiger charge is 2.19. The maximum atomic E-state index is 11.9. The van der Waals surface area contributed by atoms with Gasteiger partial charge in [-0.2, -0.15) is 0 Å². The molecule has 0 saturated heterocycles. The summed E-state index contributed by atoms with van der Waals surface area (Å²) in [5.74, 6) is 0.845. The normalized spacial score (nSPS) is 12.5. The molecule has 0 fully saturated rings. The number of amides is 1. The largest absolute Gasteiger partial charge is 0.454 e. The molecular weight excluding hydrogens is 236 g/mol. The third-order valence-corrected chi connectivity index (χ3v) is 2.66. The van der Waals surface area contributed by atoms with Gasteiger partial charge in [0.15, 0.2) is 11.5 Å². The predicted molar refractivity (Wildman–Crippen MR) is 65.6 cm³/mol. The Morgan fingerprint density at radius 2 is 2.06 bits per heavy atom. The zero-order chi connectivity index (χ0) is 13.0. The molecule has 4 N–H and O–H groups in total. The fraction of sp³-hybridized carbons (Fsp3) is 0.417. The summed E-state index contributed by atoms with van der Waals surface area (Å²) >= 11 is 0. The van der Waals surface area contributed by atoms with Crippen LogP contribution in [0.15, 0.2) is 12.1 Å². The van der Waals surface area contributed by atoms with Gasteiger partial charge in [0, 0.05) is 24.9 Å². The number of anilines is 1. The fourth-order valence-corrected chi connectivity index (χ4v) is 1.69. The number of unbranched alkanes of at least 4 members (excludes halogenated alkanes) is 1. The van der Waals surface area contributed by atoms with Crippen molar-refractivity contribution in [2.45, 2.75) is 12.8 Å². The van der Waals surface area contributed by atoms with E-state index in [-0.39, 0.29) is 19.3 Å². The predicted octanol–water partition coefficient (Wildman–Crippen LogP) is 0.500. The summed E-state index contributed by atoms with van der Waals surface area (Å²) in [7, 11) is 0. The van der Waals surface area contributed by atoms with Crippen LogP contribution in [0.3, 0.4) is 0 Å². The number of carbonyl (C=O) groups excluding carboxylic acids is 1. The molecule has 1 aromatic carbocycles. The Labute approximate surface area is 105 Å². The smallest absolute Gasteiger partial charge is 0.253 e. The van der Waals surface area contributed by atoms with Crippen molar-refractivity contribution < 1.29 is 19.4 Å². The van der Waals surface area contributed by atoms with Crippen molar-refractivity contribution in [3.8, 4) is 11.5 Å². The Balaban J connectivity index is 2.02. The lowest BCUT2D eigenvalue weighted by molar-refractivity contribution is 0.0952. The zero-order valence-corrected chi connectivity index (χ0v) is 9.94. The Hall–Kier alpha value is -1.95. The van der Waals surface area contributed by atoms with Crippen LogP contribution < -0.4 is 20.5 Å². The van der Waals surface area contributed by atoms with Crippen molar-refractivity contribution in [1.82, 2.24) is 5.32 Å². The van der Waals surface area contributed by atoms with E-state index >= 15 is 0 Å². The number of rotatable bonds is 5. The van der Waals surface area contributed by atoms with E-state index in [0.29, 0.717) is 35.7 Å². The number of fused-ring (bicyclic) bond motifs is 1. The number of hydrogen-bond donors (Lipinski definition) is 3. The van der Waals surface area contributed by atoms with E-state index in [4.69, 9.17) is 20.3 Å². The van der Waals surface area contributed by atoms with Crippen molar-refractivity contribution in [1.29, 1.82) is 0 Å². The summed E-state index contributed by atoms with van der Waals surface area (Å²) in [5.41, 5.74) is 6.53. The number of nitrogens with one attached hydrogen (secondary N) is 1. The van der Waals surface area contributed by atoms with Gasteiger partial charge in [-0.15, -0.1) is 0 Å². The average molecular weight is 252 g/mol. The molecule has 1 aliphatic heterocycles. The van der Waals surface area contributed by atoms with E-state index in [1.807, 2.05) is 0 Å². The lowest BCUT2D eigenvalue weighted by Gasteiger charge is -2.08. The van der Waals surface area contributed by atoms with Gasteiger partial charge < -0.3 is 25.6 Å². The Morgan fingerprint density at radius 1 is 1.33 bits per heavy atom. The molecule has 18 heavy (non-hydrogen) atoms. The molecule has 98 valence electrons. The highest BCUT2D eigenvalue weighted by Crippen LogP contribution is 2.35. The lowest BCUT2D eigenvalue weighted by Crippen LogP contribution is -2.25. The monoisotopic (exact) mass is 252 g/mol. The van der Waals surface area contributed by atoms with Crippen molar-refractivity contribution >= 4 is 11.6 Å². The van der Waals surface area contributed by atoms with Crippen molar-refractivity contribution in [3.05, 3.63) is 17.7 Å². The van der Waals surface area contributed by atoms with E-state index in [9.17, 15) is 4.79 Å². The van der Waals surface area contributed by atoms with Gasteiger partial charge in [-0.1, -0.05) is 0 Å². The van der Waals surface area contributed by atoms with Crippen LogP contribution in [0.2, 0.25) is 0 Å². The lowest BCUT2D eigenvalue weighted by atomic mass is 10.1. The standard InChI is InChI=1S/C12H16N2O4/c13-9-6-11-10(17-7-18-11)5-8(9)12(16)14-3-1-2-4-15/h5-6,15H,1-4,7,13H2,(H,14,16). The number of ether oxygens (including phenoxy) is 2. The van der Waals surface area contributed by atoms with Gasteiger partial charge in [0.25, 0.3) is 5.91 Å². The molecule has 0 bridgehead atoms. The average Bonchev–Trinajstić information content (AvgIpc) is 2.80. The molecule has 0 unspecified atom stereocenters. The molecule has 6 heteroatoms. The minimum absolute atomic E-state index is 0.127. The number of benzene rings is 1. The van der Waals surface area contributed by atoms with Crippen LogP contribution in [0, 0.1) is 0 Å². The molecule has 2 rings (SSSR count). The van der Waals surface area contributed by atoms with E-state index in [1.54, 1.807) is 12.1 Å². The summed E-state index contributed by atoms with van der Waals surface area (Å²) < 4.78 is 10.4. The number of nitrogens with two attached hydrogens (primary N) is 1. The molecule has 1 heterocycles.